The number of hydrogen-bond acceptors (Lipinski definition) is 1. The molecule has 0 radical (unpaired) electrons. The Kier molecular flexibility index (Phi) is 6.93. The zero-order valence-corrected chi connectivity index (χ0v) is 14.4. The molecule has 0 saturated heterocycles. The zero-order chi connectivity index (χ0) is 13.0. The van der Waals surface area contributed by atoms with E-state index in [1.54, 1.807) is 0 Å². The van der Waals surface area contributed by atoms with Crippen molar-refractivity contribution in [1.29, 1.82) is 0 Å². The van der Waals surface area contributed by atoms with Gasteiger partial charge in [-0.3, -0.25) is 4.99 Å². The summed E-state index contributed by atoms with van der Waals surface area (Å²) < 4.78 is 0. The molecule has 1 aromatic rings. The normalized spacial score (nSPS) is 17.1. The Hall–Kier alpha value is -0.490. The Morgan fingerprint density at radius 2 is 1.95 bits per heavy atom. The van der Waals surface area contributed by atoms with Gasteiger partial charge in [-0.1, -0.05) is 23.7 Å². The van der Waals surface area contributed by atoms with E-state index in [1.807, 2.05) is 31.3 Å². The molecule has 1 aliphatic carbocycles. The molecule has 0 heterocycles. The third-order valence-electron chi connectivity index (χ3n) is 3.39. The minimum atomic E-state index is 0. The Morgan fingerprint density at radius 1 is 1.32 bits per heavy atom. The number of hydrogen-bond donors (Lipinski definition) is 2. The first kappa shape index (κ1) is 16.6. The van der Waals surface area contributed by atoms with Crippen LogP contribution >= 0.6 is 35.6 Å². The summed E-state index contributed by atoms with van der Waals surface area (Å²) >= 11 is 5.89. The maximum Gasteiger partial charge on any atom is 0.191 e. The van der Waals surface area contributed by atoms with Crippen molar-refractivity contribution in [3.05, 3.63) is 34.9 Å². The van der Waals surface area contributed by atoms with Crippen molar-refractivity contribution in [2.45, 2.75) is 38.3 Å². The average Bonchev–Trinajstić information content (AvgIpc) is 2.32. The summed E-state index contributed by atoms with van der Waals surface area (Å²) in [7, 11) is 1.81. The summed E-state index contributed by atoms with van der Waals surface area (Å²) in [5, 5.41) is 7.59. The number of nitrogens with zero attached hydrogens (tertiary/aromatic N) is 1. The lowest BCUT2D eigenvalue weighted by molar-refractivity contribution is 0.378. The molecule has 1 fully saturated rings. The number of aliphatic imine (C=N–C) groups is 1. The highest BCUT2D eigenvalue weighted by atomic mass is 127. The fourth-order valence-corrected chi connectivity index (χ4v) is 2.08. The summed E-state index contributed by atoms with van der Waals surface area (Å²) in [6.45, 7) is 2.12. The van der Waals surface area contributed by atoms with Gasteiger partial charge < -0.3 is 10.6 Å². The maximum atomic E-state index is 5.89. The van der Waals surface area contributed by atoms with E-state index < -0.39 is 0 Å². The van der Waals surface area contributed by atoms with Gasteiger partial charge >= 0.3 is 0 Å². The summed E-state index contributed by atoms with van der Waals surface area (Å²) in [4.78, 5) is 4.26. The molecule has 1 unspecified atom stereocenters. The molecule has 1 aliphatic rings. The van der Waals surface area contributed by atoms with Crippen molar-refractivity contribution in [3.63, 3.8) is 0 Å². The van der Waals surface area contributed by atoms with Gasteiger partial charge in [0.25, 0.3) is 0 Å². The smallest absolute Gasteiger partial charge is 0.191 e. The lowest BCUT2D eigenvalue weighted by Crippen LogP contribution is -2.46. The van der Waals surface area contributed by atoms with Gasteiger partial charge in [0, 0.05) is 18.1 Å². The molecular formula is C14H21ClIN3. The van der Waals surface area contributed by atoms with E-state index in [1.165, 1.54) is 24.8 Å². The van der Waals surface area contributed by atoms with Crippen molar-refractivity contribution < 1.29 is 0 Å². The molecule has 0 amide bonds. The van der Waals surface area contributed by atoms with Gasteiger partial charge in [0.05, 0.1) is 6.04 Å². The van der Waals surface area contributed by atoms with Gasteiger partial charge in [-0.25, -0.2) is 0 Å². The summed E-state index contributed by atoms with van der Waals surface area (Å²) in [5.74, 6) is 0.877. The lowest BCUT2D eigenvalue weighted by Gasteiger charge is -2.29. The van der Waals surface area contributed by atoms with Gasteiger partial charge in [-0.15, -0.1) is 24.0 Å². The molecule has 19 heavy (non-hydrogen) atoms. The molecule has 0 aromatic heterocycles. The van der Waals surface area contributed by atoms with Crippen LogP contribution in [0.25, 0.3) is 0 Å². The molecule has 0 aliphatic heterocycles. The van der Waals surface area contributed by atoms with Crippen molar-refractivity contribution in [1.82, 2.24) is 10.6 Å². The second-order valence-electron chi connectivity index (χ2n) is 4.76. The average molecular weight is 394 g/mol. The molecular weight excluding hydrogens is 373 g/mol. The SMILES string of the molecule is CN=C(NC1CCC1)NC(C)c1ccc(Cl)cc1.I. The molecule has 1 aromatic carbocycles. The first-order valence-corrected chi connectivity index (χ1v) is 6.82. The van der Waals surface area contributed by atoms with Crippen molar-refractivity contribution in [2.24, 2.45) is 4.99 Å². The highest BCUT2D eigenvalue weighted by Gasteiger charge is 2.19. The van der Waals surface area contributed by atoms with Gasteiger partial charge in [-0.2, -0.15) is 0 Å². The molecule has 106 valence electrons. The van der Waals surface area contributed by atoms with E-state index in [0.717, 1.165) is 11.0 Å². The Labute approximate surface area is 137 Å². The third-order valence-corrected chi connectivity index (χ3v) is 3.64. The maximum absolute atomic E-state index is 5.89. The number of guanidine groups is 1. The Bertz CT molecular complexity index is 415. The number of halogens is 2. The molecule has 3 nitrogen and oxygen atoms in total. The van der Waals surface area contributed by atoms with Crippen molar-refractivity contribution >= 4 is 41.5 Å². The van der Waals surface area contributed by atoms with E-state index in [4.69, 9.17) is 11.6 Å². The monoisotopic (exact) mass is 393 g/mol. The standard InChI is InChI=1S/C14H20ClN3.HI/c1-10(11-6-8-12(15)9-7-11)17-14(16-2)18-13-4-3-5-13;/h6-10,13H,3-5H2,1-2H3,(H2,16,17,18);1H. The van der Waals surface area contributed by atoms with Crippen LogP contribution in [-0.4, -0.2) is 19.0 Å². The molecule has 1 atom stereocenters. The molecule has 0 bridgehead atoms. The highest BCUT2D eigenvalue weighted by Crippen LogP contribution is 2.19. The fraction of sp³-hybridized carbons (Fsp3) is 0.500. The van der Waals surface area contributed by atoms with Crippen LogP contribution in [0.4, 0.5) is 0 Å². The predicted octanol–water partition coefficient (Wildman–Crippen LogP) is 3.74. The number of nitrogens with one attached hydrogen (secondary N) is 2. The summed E-state index contributed by atoms with van der Waals surface area (Å²) in [6, 6.07) is 8.71. The van der Waals surface area contributed by atoms with Gasteiger partial charge in [-0.05, 0) is 43.9 Å². The number of benzene rings is 1. The second kappa shape index (κ2) is 7.94. The minimum absolute atomic E-state index is 0. The van der Waals surface area contributed by atoms with E-state index in [2.05, 4.69) is 22.5 Å². The van der Waals surface area contributed by atoms with Crippen molar-refractivity contribution in [2.75, 3.05) is 7.05 Å². The highest BCUT2D eigenvalue weighted by molar-refractivity contribution is 14.0. The molecule has 1 saturated carbocycles. The van der Waals surface area contributed by atoms with Crippen LogP contribution < -0.4 is 10.6 Å². The molecule has 2 N–H and O–H groups in total. The molecule has 0 spiro atoms. The van der Waals surface area contributed by atoms with E-state index in [-0.39, 0.29) is 30.0 Å². The minimum Gasteiger partial charge on any atom is -0.354 e. The Balaban J connectivity index is 0.00000180. The van der Waals surface area contributed by atoms with E-state index in [9.17, 15) is 0 Å². The largest absolute Gasteiger partial charge is 0.354 e. The van der Waals surface area contributed by atoms with E-state index >= 15 is 0 Å². The van der Waals surface area contributed by atoms with Gasteiger partial charge in [0.2, 0.25) is 0 Å². The first-order chi connectivity index (χ1) is 8.69. The van der Waals surface area contributed by atoms with Crippen LogP contribution in [-0.2, 0) is 0 Å². The Morgan fingerprint density at radius 3 is 2.42 bits per heavy atom. The summed E-state index contributed by atoms with van der Waals surface area (Å²) in [6.07, 6.45) is 3.81. The third kappa shape index (κ3) is 4.84. The topological polar surface area (TPSA) is 36.4 Å². The van der Waals surface area contributed by atoms with Crippen LogP contribution in [0.1, 0.15) is 37.8 Å². The molecule has 2 rings (SSSR count). The second-order valence-corrected chi connectivity index (χ2v) is 5.20. The summed E-state index contributed by atoms with van der Waals surface area (Å²) in [5.41, 5.74) is 1.20. The van der Waals surface area contributed by atoms with Crippen LogP contribution in [0.5, 0.6) is 0 Å². The van der Waals surface area contributed by atoms with Gasteiger partial charge in [0.1, 0.15) is 0 Å². The van der Waals surface area contributed by atoms with Gasteiger partial charge in [0.15, 0.2) is 5.96 Å². The lowest BCUT2D eigenvalue weighted by atomic mass is 9.93. The fourth-order valence-electron chi connectivity index (χ4n) is 1.96. The van der Waals surface area contributed by atoms with Crippen LogP contribution in [0, 0.1) is 0 Å². The first-order valence-electron chi connectivity index (χ1n) is 6.44. The van der Waals surface area contributed by atoms with Crippen molar-refractivity contribution in [3.8, 4) is 0 Å². The number of rotatable bonds is 3. The van der Waals surface area contributed by atoms with Crippen LogP contribution in [0.15, 0.2) is 29.3 Å². The quantitative estimate of drug-likeness (QED) is 0.466. The zero-order valence-electron chi connectivity index (χ0n) is 11.3. The molecule has 5 heteroatoms. The van der Waals surface area contributed by atoms with E-state index in [0.29, 0.717) is 6.04 Å². The predicted molar refractivity (Wildman–Crippen MR) is 92.6 cm³/mol. The van der Waals surface area contributed by atoms with Crippen LogP contribution in [0.3, 0.4) is 0 Å². The van der Waals surface area contributed by atoms with Crippen LogP contribution in [0.2, 0.25) is 5.02 Å².